The topological polar surface area (TPSA) is 41.6 Å². The highest BCUT2D eigenvalue weighted by molar-refractivity contribution is 9.10. The summed E-state index contributed by atoms with van der Waals surface area (Å²) in [4.78, 5) is 14.4. The molecule has 1 N–H and O–H groups in total. The second-order valence-corrected chi connectivity index (χ2v) is 5.21. The first-order valence-corrected chi connectivity index (χ1v) is 6.80. The van der Waals surface area contributed by atoms with E-state index >= 15 is 0 Å². The van der Waals surface area contributed by atoms with E-state index in [4.69, 9.17) is 4.74 Å². The van der Waals surface area contributed by atoms with Gasteiger partial charge in [-0.25, -0.2) is 0 Å². The van der Waals surface area contributed by atoms with Crippen molar-refractivity contribution in [2.75, 3.05) is 39.8 Å². The van der Waals surface area contributed by atoms with Gasteiger partial charge in [0.05, 0.1) is 19.2 Å². The summed E-state index contributed by atoms with van der Waals surface area (Å²) in [5, 5.41) is 3.27. The number of ketones is 1. The van der Waals surface area contributed by atoms with E-state index in [-0.39, 0.29) is 5.78 Å². The summed E-state index contributed by atoms with van der Waals surface area (Å²) >= 11 is 3.39. The fourth-order valence-corrected chi connectivity index (χ4v) is 2.42. The van der Waals surface area contributed by atoms with Gasteiger partial charge in [-0.1, -0.05) is 15.9 Å². The molecule has 0 atom stereocenters. The minimum absolute atomic E-state index is 0.107. The number of methoxy groups -OCH3 is 1. The van der Waals surface area contributed by atoms with Crippen molar-refractivity contribution in [1.29, 1.82) is 0 Å². The van der Waals surface area contributed by atoms with Gasteiger partial charge in [0, 0.05) is 30.7 Å². The van der Waals surface area contributed by atoms with Crippen LogP contribution in [0.2, 0.25) is 0 Å². The van der Waals surface area contributed by atoms with Gasteiger partial charge in [-0.2, -0.15) is 0 Å². The Labute approximate surface area is 115 Å². The second-order valence-electron chi connectivity index (χ2n) is 4.29. The summed E-state index contributed by atoms with van der Waals surface area (Å²) < 4.78 is 6.13. The second kappa shape index (κ2) is 6.31. The number of hydrogen-bond donors (Lipinski definition) is 1. The zero-order valence-corrected chi connectivity index (χ0v) is 12.0. The number of nitrogens with zero attached hydrogens (tertiary/aromatic N) is 1. The van der Waals surface area contributed by atoms with Gasteiger partial charge < -0.3 is 10.1 Å². The van der Waals surface area contributed by atoms with Crippen LogP contribution in [0.15, 0.2) is 22.7 Å². The monoisotopic (exact) mass is 312 g/mol. The fraction of sp³-hybridized carbons (Fsp3) is 0.462. The fourth-order valence-electron chi connectivity index (χ4n) is 2.06. The molecule has 0 aliphatic carbocycles. The Balaban J connectivity index is 2.09. The van der Waals surface area contributed by atoms with Crippen LogP contribution in [-0.2, 0) is 0 Å². The summed E-state index contributed by atoms with van der Waals surface area (Å²) in [6.07, 6.45) is 0. The number of rotatable bonds is 4. The van der Waals surface area contributed by atoms with Crippen LogP contribution in [0.25, 0.3) is 0 Å². The first-order valence-electron chi connectivity index (χ1n) is 6.00. The van der Waals surface area contributed by atoms with E-state index in [1.165, 1.54) is 0 Å². The quantitative estimate of drug-likeness (QED) is 0.857. The number of halogens is 1. The van der Waals surface area contributed by atoms with Gasteiger partial charge in [0.1, 0.15) is 5.75 Å². The number of hydrogen-bond acceptors (Lipinski definition) is 4. The van der Waals surface area contributed by atoms with E-state index in [9.17, 15) is 4.79 Å². The summed E-state index contributed by atoms with van der Waals surface area (Å²) in [5.74, 6) is 0.744. The Hall–Kier alpha value is -0.910. The molecule has 1 aliphatic heterocycles. The maximum atomic E-state index is 12.3. The highest BCUT2D eigenvalue weighted by Crippen LogP contribution is 2.23. The molecule has 0 saturated carbocycles. The maximum Gasteiger partial charge on any atom is 0.180 e. The molecule has 1 aromatic rings. The van der Waals surface area contributed by atoms with Crippen LogP contribution < -0.4 is 10.1 Å². The number of benzene rings is 1. The molecule has 0 amide bonds. The number of piperazine rings is 1. The molecule has 0 radical (unpaired) electrons. The number of carbonyl (C=O) groups excluding carboxylic acids is 1. The predicted molar refractivity (Wildman–Crippen MR) is 74.3 cm³/mol. The lowest BCUT2D eigenvalue weighted by Crippen LogP contribution is -2.45. The van der Waals surface area contributed by atoms with Crippen LogP contribution in [0.3, 0.4) is 0 Å². The molecule has 0 bridgehead atoms. The van der Waals surface area contributed by atoms with E-state index in [2.05, 4.69) is 26.1 Å². The number of Topliss-reactive ketones (excluding diaryl/α,β-unsaturated/α-hetero) is 1. The first kappa shape index (κ1) is 13.5. The standard InChI is InChI=1S/C13H17BrN2O2/c1-18-13-3-2-10(14)8-11(13)12(17)9-16-6-4-15-5-7-16/h2-3,8,15H,4-7,9H2,1H3. The Bertz CT molecular complexity index is 431. The number of nitrogens with one attached hydrogen (secondary N) is 1. The first-order chi connectivity index (χ1) is 8.70. The predicted octanol–water partition coefficient (Wildman–Crippen LogP) is 1.55. The lowest BCUT2D eigenvalue weighted by atomic mass is 10.1. The molecule has 4 nitrogen and oxygen atoms in total. The van der Waals surface area contributed by atoms with Crippen molar-refractivity contribution in [3.8, 4) is 5.75 Å². The molecule has 1 fully saturated rings. The van der Waals surface area contributed by atoms with Gasteiger partial charge in [-0.15, -0.1) is 0 Å². The minimum atomic E-state index is 0.107. The molecule has 1 aromatic carbocycles. The third kappa shape index (κ3) is 3.31. The van der Waals surface area contributed by atoms with Gasteiger partial charge in [0.15, 0.2) is 5.78 Å². The third-order valence-electron chi connectivity index (χ3n) is 3.04. The van der Waals surface area contributed by atoms with Crippen LogP contribution in [0.1, 0.15) is 10.4 Å². The Morgan fingerprint density at radius 2 is 2.17 bits per heavy atom. The molecule has 1 heterocycles. The Morgan fingerprint density at radius 3 is 2.83 bits per heavy atom. The zero-order valence-electron chi connectivity index (χ0n) is 10.4. The summed E-state index contributed by atoms with van der Waals surface area (Å²) in [6.45, 7) is 4.18. The van der Waals surface area contributed by atoms with Crippen molar-refractivity contribution in [2.24, 2.45) is 0 Å². The highest BCUT2D eigenvalue weighted by atomic mass is 79.9. The lowest BCUT2D eigenvalue weighted by Gasteiger charge is -2.26. The smallest absolute Gasteiger partial charge is 0.180 e. The van der Waals surface area contributed by atoms with E-state index in [1.807, 2.05) is 18.2 Å². The normalized spacial score (nSPS) is 16.6. The van der Waals surface area contributed by atoms with E-state index in [1.54, 1.807) is 7.11 Å². The van der Waals surface area contributed by atoms with Crippen molar-refractivity contribution in [2.45, 2.75) is 0 Å². The van der Waals surface area contributed by atoms with Gasteiger partial charge in [0.25, 0.3) is 0 Å². The molecule has 0 aromatic heterocycles. The molecule has 5 heteroatoms. The number of carbonyl (C=O) groups is 1. The summed E-state index contributed by atoms with van der Waals surface area (Å²) in [6, 6.07) is 5.51. The van der Waals surface area contributed by atoms with E-state index in [0.29, 0.717) is 17.9 Å². The lowest BCUT2D eigenvalue weighted by molar-refractivity contribution is 0.0918. The highest BCUT2D eigenvalue weighted by Gasteiger charge is 2.18. The van der Waals surface area contributed by atoms with Crippen LogP contribution in [-0.4, -0.2) is 50.5 Å². The van der Waals surface area contributed by atoms with Crippen LogP contribution in [0.4, 0.5) is 0 Å². The SMILES string of the molecule is COc1ccc(Br)cc1C(=O)CN1CCNCC1. The molecule has 0 unspecified atom stereocenters. The van der Waals surface area contributed by atoms with Crippen molar-refractivity contribution in [3.05, 3.63) is 28.2 Å². The molecule has 18 heavy (non-hydrogen) atoms. The van der Waals surface area contributed by atoms with Crippen molar-refractivity contribution >= 4 is 21.7 Å². The molecule has 2 rings (SSSR count). The molecule has 98 valence electrons. The Kier molecular flexibility index (Phi) is 4.74. The molecular formula is C13H17BrN2O2. The van der Waals surface area contributed by atoms with Gasteiger partial charge in [-0.3, -0.25) is 9.69 Å². The summed E-state index contributed by atoms with van der Waals surface area (Å²) in [5.41, 5.74) is 0.644. The zero-order chi connectivity index (χ0) is 13.0. The average molecular weight is 313 g/mol. The van der Waals surface area contributed by atoms with Gasteiger partial charge >= 0.3 is 0 Å². The third-order valence-corrected chi connectivity index (χ3v) is 3.53. The molecule has 0 spiro atoms. The minimum Gasteiger partial charge on any atom is -0.496 e. The van der Waals surface area contributed by atoms with Crippen molar-refractivity contribution in [1.82, 2.24) is 10.2 Å². The van der Waals surface area contributed by atoms with Crippen molar-refractivity contribution in [3.63, 3.8) is 0 Å². The maximum absolute atomic E-state index is 12.3. The molecule has 1 saturated heterocycles. The van der Waals surface area contributed by atoms with Crippen molar-refractivity contribution < 1.29 is 9.53 Å². The largest absolute Gasteiger partial charge is 0.496 e. The number of ether oxygens (including phenoxy) is 1. The van der Waals surface area contributed by atoms with Crippen LogP contribution >= 0.6 is 15.9 Å². The van der Waals surface area contributed by atoms with Crippen LogP contribution in [0.5, 0.6) is 5.75 Å². The van der Waals surface area contributed by atoms with Gasteiger partial charge in [-0.05, 0) is 18.2 Å². The average Bonchev–Trinajstić information content (AvgIpc) is 2.40. The van der Waals surface area contributed by atoms with E-state index in [0.717, 1.165) is 30.7 Å². The molecule has 1 aliphatic rings. The molecular weight excluding hydrogens is 296 g/mol. The van der Waals surface area contributed by atoms with Crippen LogP contribution in [0, 0.1) is 0 Å². The summed E-state index contributed by atoms with van der Waals surface area (Å²) in [7, 11) is 1.59. The van der Waals surface area contributed by atoms with Gasteiger partial charge in [0.2, 0.25) is 0 Å². The van der Waals surface area contributed by atoms with E-state index < -0.39 is 0 Å². The Morgan fingerprint density at radius 1 is 1.44 bits per heavy atom.